The van der Waals surface area contributed by atoms with Crippen LogP contribution in [-0.4, -0.2) is 31.7 Å². The van der Waals surface area contributed by atoms with Crippen LogP contribution in [0.4, 0.5) is 0 Å². The van der Waals surface area contributed by atoms with Gasteiger partial charge in [0.2, 0.25) is 0 Å². The first-order valence-electron chi connectivity index (χ1n) is 6.93. The number of hydrogen-bond acceptors (Lipinski definition) is 3. The van der Waals surface area contributed by atoms with Crippen molar-refractivity contribution < 1.29 is 14.3 Å². The Kier molecular flexibility index (Phi) is 4.57. The summed E-state index contributed by atoms with van der Waals surface area (Å²) in [4.78, 5) is 12.4. The van der Waals surface area contributed by atoms with E-state index in [1.165, 1.54) is 32.1 Å². The molecule has 0 amide bonds. The molecule has 0 aromatic carbocycles. The molecule has 1 saturated carbocycles. The number of ether oxygens (including phenoxy) is 2. The van der Waals surface area contributed by atoms with E-state index >= 15 is 0 Å². The second-order valence-corrected chi connectivity index (χ2v) is 5.44. The van der Waals surface area contributed by atoms with E-state index in [0.717, 1.165) is 12.8 Å². The highest BCUT2D eigenvalue weighted by Crippen LogP contribution is 2.32. The Hall–Kier alpha value is -0.410. The van der Waals surface area contributed by atoms with E-state index in [-0.39, 0.29) is 0 Å². The van der Waals surface area contributed by atoms with Gasteiger partial charge in [0.15, 0.2) is 5.78 Å². The third-order valence-electron chi connectivity index (χ3n) is 4.40. The highest BCUT2D eigenvalue weighted by molar-refractivity contribution is 5.87. The minimum absolute atomic E-state index is 0.315. The Labute approximate surface area is 104 Å². The van der Waals surface area contributed by atoms with Crippen molar-refractivity contribution in [1.29, 1.82) is 0 Å². The second-order valence-electron chi connectivity index (χ2n) is 5.44. The van der Waals surface area contributed by atoms with Gasteiger partial charge in [-0.2, -0.15) is 0 Å². The van der Waals surface area contributed by atoms with Gasteiger partial charge in [0.1, 0.15) is 5.60 Å². The molecule has 0 unspecified atom stereocenters. The summed E-state index contributed by atoms with van der Waals surface area (Å²) in [6.07, 6.45) is 8.55. The molecular weight excluding hydrogens is 216 g/mol. The van der Waals surface area contributed by atoms with E-state index in [1.54, 1.807) is 7.11 Å². The van der Waals surface area contributed by atoms with Crippen molar-refractivity contribution in [2.45, 2.75) is 57.0 Å². The van der Waals surface area contributed by atoms with E-state index in [1.807, 2.05) is 0 Å². The van der Waals surface area contributed by atoms with Crippen LogP contribution in [0.15, 0.2) is 0 Å². The Morgan fingerprint density at radius 1 is 1.24 bits per heavy atom. The zero-order valence-corrected chi connectivity index (χ0v) is 10.9. The molecule has 3 nitrogen and oxygen atoms in total. The van der Waals surface area contributed by atoms with E-state index in [2.05, 4.69) is 0 Å². The maximum Gasteiger partial charge on any atom is 0.165 e. The number of Topliss-reactive ketones (excluding diaryl/α,β-unsaturated/α-hetero) is 1. The van der Waals surface area contributed by atoms with E-state index in [0.29, 0.717) is 31.3 Å². The van der Waals surface area contributed by atoms with Crippen LogP contribution in [0.5, 0.6) is 0 Å². The fourth-order valence-electron chi connectivity index (χ4n) is 3.14. The van der Waals surface area contributed by atoms with Gasteiger partial charge in [-0.3, -0.25) is 4.79 Å². The summed E-state index contributed by atoms with van der Waals surface area (Å²) >= 11 is 0. The van der Waals surface area contributed by atoms with Crippen molar-refractivity contribution in [2.75, 3.05) is 20.3 Å². The quantitative estimate of drug-likeness (QED) is 0.758. The van der Waals surface area contributed by atoms with Crippen LogP contribution < -0.4 is 0 Å². The molecule has 0 radical (unpaired) electrons. The zero-order chi connectivity index (χ0) is 12.1. The summed E-state index contributed by atoms with van der Waals surface area (Å²) < 4.78 is 10.9. The molecule has 3 heteroatoms. The van der Waals surface area contributed by atoms with Gasteiger partial charge >= 0.3 is 0 Å². The van der Waals surface area contributed by atoms with Gasteiger partial charge < -0.3 is 9.47 Å². The lowest BCUT2D eigenvalue weighted by molar-refractivity contribution is -0.153. The predicted octanol–water partition coefficient (Wildman–Crippen LogP) is 2.72. The van der Waals surface area contributed by atoms with E-state index in [4.69, 9.17) is 9.47 Å². The van der Waals surface area contributed by atoms with Crippen LogP contribution in [0, 0.1) is 5.92 Å². The maximum atomic E-state index is 12.4. The van der Waals surface area contributed by atoms with Crippen molar-refractivity contribution in [2.24, 2.45) is 5.92 Å². The SMILES string of the molecule is COC1(C(=O)CC2CCCCC2)CCOCC1. The summed E-state index contributed by atoms with van der Waals surface area (Å²) in [5.74, 6) is 0.918. The normalized spacial score (nSPS) is 25.7. The van der Waals surface area contributed by atoms with Crippen LogP contribution in [0.2, 0.25) is 0 Å². The molecule has 0 aromatic heterocycles. The van der Waals surface area contributed by atoms with Crippen LogP contribution in [-0.2, 0) is 14.3 Å². The first-order valence-corrected chi connectivity index (χ1v) is 6.93. The number of carbonyl (C=O) groups is 1. The number of rotatable bonds is 4. The summed E-state index contributed by atoms with van der Waals surface area (Å²) in [6.45, 7) is 1.31. The molecule has 98 valence electrons. The topological polar surface area (TPSA) is 35.5 Å². The van der Waals surface area contributed by atoms with Crippen molar-refractivity contribution in [1.82, 2.24) is 0 Å². The lowest BCUT2D eigenvalue weighted by atomic mass is 9.80. The highest BCUT2D eigenvalue weighted by atomic mass is 16.5. The minimum atomic E-state index is -0.532. The molecule has 17 heavy (non-hydrogen) atoms. The van der Waals surface area contributed by atoms with Crippen molar-refractivity contribution in [3.63, 3.8) is 0 Å². The Morgan fingerprint density at radius 2 is 1.88 bits per heavy atom. The van der Waals surface area contributed by atoms with E-state index in [9.17, 15) is 4.79 Å². The molecule has 1 aliphatic heterocycles. The molecule has 0 N–H and O–H groups in total. The van der Waals surface area contributed by atoms with Gasteiger partial charge in [0.05, 0.1) is 0 Å². The zero-order valence-electron chi connectivity index (χ0n) is 10.9. The third-order valence-corrected chi connectivity index (χ3v) is 4.40. The lowest BCUT2D eigenvalue weighted by Gasteiger charge is -2.35. The van der Waals surface area contributed by atoms with Gasteiger partial charge in [-0.05, 0) is 5.92 Å². The fraction of sp³-hybridized carbons (Fsp3) is 0.929. The molecule has 0 spiro atoms. The molecule has 2 rings (SSSR count). The lowest BCUT2D eigenvalue weighted by Crippen LogP contribution is -2.46. The summed E-state index contributed by atoms with van der Waals surface area (Å²) in [6, 6.07) is 0. The number of ketones is 1. The summed E-state index contributed by atoms with van der Waals surface area (Å²) in [7, 11) is 1.67. The van der Waals surface area contributed by atoms with Crippen molar-refractivity contribution in [3.8, 4) is 0 Å². The third kappa shape index (κ3) is 3.08. The predicted molar refractivity (Wildman–Crippen MR) is 66.0 cm³/mol. The van der Waals surface area contributed by atoms with Gasteiger partial charge in [0.25, 0.3) is 0 Å². The van der Waals surface area contributed by atoms with E-state index < -0.39 is 5.60 Å². The van der Waals surface area contributed by atoms with Crippen LogP contribution in [0.3, 0.4) is 0 Å². The van der Waals surface area contributed by atoms with Gasteiger partial charge in [0, 0.05) is 39.6 Å². The molecule has 0 bridgehead atoms. The Morgan fingerprint density at radius 3 is 2.47 bits per heavy atom. The van der Waals surface area contributed by atoms with Gasteiger partial charge in [-0.25, -0.2) is 0 Å². The summed E-state index contributed by atoms with van der Waals surface area (Å²) in [5.41, 5.74) is -0.532. The maximum absolute atomic E-state index is 12.4. The standard InChI is InChI=1S/C14H24O3/c1-16-14(7-9-17-10-8-14)13(15)11-12-5-3-2-4-6-12/h12H,2-11H2,1H3. The Balaban J connectivity index is 1.91. The van der Waals surface area contributed by atoms with Gasteiger partial charge in [-0.15, -0.1) is 0 Å². The van der Waals surface area contributed by atoms with Gasteiger partial charge in [-0.1, -0.05) is 32.1 Å². The average Bonchev–Trinajstić information content (AvgIpc) is 2.40. The monoisotopic (exact) mass is 240 g/mol. The van der Waals surface area contributed by atoms with Crippen LogP contribution in [0.25, 0.3) is 0 Å². The molecular formula is C14H24O3. The average molecular weight is 240 g/mol. The van der Waals surface area contributed by atoms with Crippen LogP contribution in [0.1, 0.15) is 51.4 Å². The molecule has 1 aliphatic carbocycles. The fourth-order valence-corrected chi connectivity index (χ4v) is 3.14. The first-order chi connectivity index (χ1) is 8.27. The molecule has 2 fully saturated rings. The minimum Gasteiger partial charge on any atom is -0.381 e. The Bertz CT molecular complexity index is 250. The van der Waals surface area contributed by atoms with Crippen molar-refractivity contribution >= 4 is 5.78 Å². The molecule has 1 saturated heterocycles. The molecule has 0 aromatic rings. The number of carbonyl (C=O) groups excluding carboxylic acids is 1. The smallest absolute Gasteiger partial charge is 0.165 e. The number of methoxy groups -OCH3 is 1. The first kappa shape index (κ1) is 13.0. The molecule has 1 heterocycles. The van der Waals surface area contributed by atoms with Crippen LogP contribution >= 0.6 is 0 Å². The molecule has 2 aliphatic rings. The highest BCUT2D eigenvalue weighted by Gasteiger charge is 2.40. The van der Waals surface area contributed by atoms with Crippen molar-refractivity contribution in [3.05, 3.63) is 0 Å². The largest absolute Gasteiger partial charge is 0.381 e. The summed E-state index contributed by atoms with van der Waals surface area (Å²) in [5, 5.41) is 0. The second kappa shape index (κ2) is 5.96. The molecule has 0 atom stereocenters. The number of hydrogen-bond donors (Lipinski definition) is 0.